The van der Waals surface area contributed by atoms with E-state index in [2.05, 4.69) is 0 Å². The Labute approximate surface area is 122 Å². The zero-order chi connectivity index (χ0) is 15.2. The molecule has 1 aromatic rings. The predicted molar refractivity (Wildman–Crippen MR) is 76.1 cm³/mol. The summed E-state index contributed by atoms with van der Waals surface area (Å²) in [4.78, 5) is 26.0. The first kappa shape index (κ1) is 15.2. The van der Waals surface area contributed by atoms with Gasteiger partial charge in [-0.25, -0.2) is 4.39 Å². The Bertz CT molecular complexity index is 552. The molecule has 1 aliphatic heterocycles. The molecule has 0 aliphatic carbocycles. The van der Waals surface area contributed by atoms with Crippen LogP contribution in [0.4, 0.5) is 4.39 Å². The molecule has 1 fully saturated rings. The van der Waals surface area contributed by atoms with Crippen LogP contribution in [0.3, 0.4) is 0 Å². The van der Waals surface area contributed by atoms with Crippen LogP contribution in [0.25, 0.3) is 6.08 Å². The van der Waals surface area contributed by atoms with Crippen molar-refractivity contribution >= 4 is 18.0 Å². The van der Waals surface area contributed by atoms with E-state index in [0.717, 1.165) is 0 Å². The lowest BCUT2D eigenvalue weighted by Gasteiger charge is -2.33. The number of carboxylic acids is 1. The van der Waals surface area contributed by atoms with Crippen LogP contribution in [0, 0.1) is 5.82 Å². The second-order valence-corrected chi connectivity index (χ2v) is 4.85. The van der Waals surface area contributed by atoms with Crippen molar-refractivity contribution in [2.45, 2.75) is 0 Å². The van der Waals surface area contributed by atoms with Crippen LogP contribution in [0.2, 0.25) is 0 Å². The fourth-order valence-corrected chi connectivity index (χ4v) is 2.19. The van der Waals surface area contributed by atoms with Gasteiger partial charge in [0.05, 0.1) is 6.54 Å². The molecule has 2 rings (SSSR count). The Hall–Kier alpha value is -2.21. The molecule has 0 saturated carbocycles. The summed E-state index contributed by atoms with van der Waals surface area (Å²) in [5.74, 6) is -1.42. The molecule has 0 bridgehead atoms. The van der Waals surface area contributed by atoms with Gasteiger partial charge in [0.1, 0.15) is 5.82 Å². The summed E-state index contributed by atoms with van der Waals surface area (Å²) in [5, 5.41) is 8.71. The van der Waals surface area contributed by atoms with Crippen molar-refractivity contribution < 1.29 is 19.1 Å². The number of amides is 1. The van der Waals surface area contributed by atoms with Gasteiger partial charge in [-0.15, -0.1) is 0 Å². The van der Waals surface area contributed by atoms with E-state index in [0.29, 0.717) is 31.7 Å². The smallest absolute Gasteiger partial charge is 0.317 e. The predicted octanol–water partition coefficient (Wildman–Crippen LogP) is 1.07. The Balaban J connectivity index is 1.88. The molecule has 0 unspecified atom stereocenters. The van der Waals surface area contributed by atoms with E-state index >= 15 is 0 Å². The number of rotatable bonds is 4. The SMILES string of the molecule is O=C(O)CN1CCN(C(=O)/C=C/c2ccccc2F)CC1. The van der Waals surface area contributed by atoms with Crippen molar-refractivity contribution in [1.82, 2.24) is 9.80 Å². The van der Waals surface area contributed by atoms with Crippen molar-refractivity contribution in [3.05, 3.63) is 41.7 Å². The van der Waals surface area contributed by atoms with Crippen molar-refractivity contribution in [2.24, 2.45) is 0 Å². The number of benzene rings is 1. The van der Waals surface area contributed by atoms with E-state index in [1.807, 2.05) is 0 Å². The lowest BCUT2D eigenvalue weighted by molar-refractivity contribution is -0.139. The zero-order valence-corrected chi connectivity index (χ0v) is 11.5. The monoisotopic (exact) mass is 292 g/mol. The zero-order valence-electron chi connectivity index (χ0n) is 11.5. The molecule has 0 atom stereocenters. The fourth-order valence-electron chi connectivity index (χ4n) is 2.19. The van der Waals surface area contributed by atoms with E-state index in [1.54, 1.807) is 28.0 Å². The topological polar surface area (TPSA) is 60.9 Å². The highest BCUT2D eigenvalue weighted by Crippen LogP contribution is 2.09. The summed E-state index contributed by atoms with van der Waals surface area (Å²) in [6, 6.07) is 6.24. The third-order valence-electron chi connectivity index (χ3n) is 3.35. The summed E-state index contributed by atoms with van der Waals surface area (Å²) < 4.78 is 13.4. The summed E-state index contributed by atoms with van der Waals surface area (Å²) in [6.45, 7) is 2.02. The van der Waals surface area contributed by atoms with Crippen molar-refractivity contribution in [2.75, 3.05) is 32.7 Å². The molecule has 21 heavy (non-hydrogen) atoms. The lowest BCUT2D eigenvalue weighted by atomic mass is 10.2. The Morgan fingerprint density at radius 3 is 2.48 bits per heavy atom. The minimum Gasteiger partial charge on any atom is -0.480 e. The van der Waals surface area contributed by atoms with Crippen LogP contribution in [0.1, 0.15) is 5.56 Å². The van der Waals surface area contributed by atoms with Gasteiger partial charge in [-0.2, -0.15) is 0 Å². The highest BCUT2D eigenvalue weighted by Gasteiger charge is 2.20. The van der Waals surface area contributed by atoms with E-state index < -0.39 is 5.97 Å². The fraction of sp³-hybridized carbons (Fsp3) is 0.333. The van der Waals surface area contributed by atoms with E-state index in [-0.39, 0.29) is 18.3 Å². The van der Waals surface area contributed by atoms with Gasteiger partial charge < -0.3 is 10.0 Å². The van der Waals surface area contributed by atoms with Crippen molar-refractivity contribution in [3.63, 3.8) is 0 Å². The van der Waals surface area contributed by atoms with Gasteiger partial charge in [0.2, 0.25) is 5.91 Å². The largest absolute Gasteiger partial charge is 0.480 e. The van der Waals surface area contributed by atoms with Crippen LogP contribution in [0.15, 0.2) is 30.3 Å². The first-order valence-corrected chi connectivity index (χ1v) is 6.72. The first-order valence-electron chi connectivity index (χ1n) is 6.72. The molecule has 6 heteroatoms. The van der Waals surface area contributed by atoms with Crippen LogP contribution >= 0.6 is 0 Å². The normalized spacial score (nSPS) is 16.3. The highest BCUT2D eigenvalue weighted by atomic mass is 19.1. The third kappa shape index (κ3) is 4.39. The quantitative estimate of drug-likeness (QED) is 0.843. The van der Waals surface area contributed by atoms with Crippen molar-refractivity contribution in [3.8, 4) is 0 Å². The maximum atomic E-state index is 13.4. The Kier molecular flexibility index (Phi) is 5.05. The number of carbonyl (C=O) groups excluding carboxylic acids is 1. The van der Waals surface area contributed by atoms with Gasteiger partial charge >= 0.3 is 5.97 Å². The minimum atomic E-state index is -0.866. The third-order valence-corrected chi connectivity index (χ3v) is 3.35. The molecular weight excluding hydrogens is 275 g/mol. The van der Waals surface area contributed by atoms with E-state index in [1.165, 1.54) is 18.2 Å². The molecule has 5 nitrogen and oxygen atoms in total. The molecular formula is C15H17FN2O3. The number of halogens is 1. The molecule has 1 amide bonds. The molecule has 1 saturated heterocycles. The van der Waals surface area contributed by atoms with Crippen LogP contribution in [-0.2, 0) is 9.59 Å². The van der Waals surface area contributed by atoms with Crippen molar-refractivity contribution in [1.29, 1.82) is 0 Å². The number of nitrogens with zero attached hydrogens (tertiary/aromatic N) is 2. The van der Waals surface area contributed by atoms with Crippen LogP contribution < -0.4 is 0 Å². The van der Waals surface area contributed by atoms with Gasteiger partial charge in [-0.05, 0) is 12.1 Å². The van der Waals surface area contributed by atoms with Gasteiger partial charge in [0.25, 0.3) is 0 Å². The summed E-state index contributed by atoms with van der Waals surface area (Å²) in [5.41, 5.74) is 0.371. The maximum Gasteiger partial charge on any atom is 0.317 e. The average Bonchev–Trinajstić information content (AvgIpc) is 2.46. The molecule has 1 aromatic carbocycles. The molecule has 1 N–H and O–H groups in total. The minimum absolute atomic E-state index is 0.00685. The Morgan fingerprint density at radius 1 is 1.19 bits per heavy atom. The van der Waals surface area contributed by atoms with Gasteiger partial charge in [-0.3, -0.25) is 14.5 Å². The number of hydrogen-bond donors (Lipinski definition) is 1. The highest BCUT2D eigenvalue weighted by molar-refractivity contribution is 5.91. The molecule has 0 aromatic heterocycles. The molecule has 112 valence electrons. The molecule has 1 aliphatic rings. The number of carbonyl (C=O) groups is 2. The number of piperazine rings is 1. The van der Waals surface area contributed by atoms with Gasteiger partial charge in [0, 0.05) is 37.8 Å². The van der Waals surface area contributed by atoms with E-state index in [4.69, 9.17) is 5.11 Å². The maximum absolute atomic E-state index is 13.4. The van der Waals surface area contributed by atoms with Crippen LogP contribution in [0.5, 0.6) is 0 Å². The Morgan fingerprint density at radius 2 is 1.86 bits per heavy atom. The summed E-state index contributed by atoms with van der Waals surface area (Å²) in [6.07, 6.45) is 2.81. The molecule has 0 radical (unpaired) electrons. The number of carboxylic acid groups (broad SMARTS) is 1. The number of hydrogen-bond acceptors (Lipinski definition) is 3. The van der Waals surface area contributed by atoms with Crippen LogP contribution in [-0.4, -0.2) is 59.5 Å². The van der Waals surface area contributed by atoms with E-state index in [9.17, 15) is 14.0 Å². The van der Waals surface area contributed by atoms with Gasteiger partial charge in [-0.1, -0.05) is 18.2 Å². The lowest BCUT2D eigenvalue weighted by Crippen LogP contribution is -2.49. The average molecular weight is 292 g/mol. The summed E-state index contributed by atoms with van der Waals surface area (Å²) >= 11 is 0. The second-order valence-electron chi connectivity index (χ2n) is 4.85. The number of aliphatic carboxylic acids is 1. The summed E-state index contributed by atoms with van der Waals surface area (Å²) in [7, 11) is 0. The van der Waals surface area contributed by atoms with Gasteiger partial charge in [0.15, 0.2) is 0 Å². The molecule has 1 heterocycles. The first-order chi connectivity index (χ1) is 10.1. The standard InChI is InChI=1S/C15H17FN2O3/c16-13-4-2-1-3-12(13)5-6-14(19)18-9-7-17(8-10-18)11-15(20)21/h1-6H,7-11H2,(H,20,21)/b6-5+. The molecule has 0 spiro atoms. The second kappa shape index (κ2) is 6.99.